The van der Waals surface area contributed by atoms with Crippen LogP contribution in [0, 0.1) is 0 Å². The Labute approximate surface area is 343 Å². The molecule has 3 atom stereocenters. The number of hydrogen-bond donors (Lipinski definition) is 3. The Morgan fingerprint density at radius 2 is 0.875 bits per heavy atom. The number of hydrogen-bond acceptors (Lipinski definition) is 9. The molecule has 0 saturated carbocycles. The summed E-state index contributed by atoms with van der Waals surface area (Å²) in [7, 11) is -4.61. The molecule has 0 radical (unpaired) electrons. The number of ether oxygens (including phenoxy) is 2. The van der Waals surface area contributed by atoms with E-state index < -0.39 is 51.8 Å². The van der Waals surface area contributed by atoms with Crippen LogP contribution in [0.2, 0.25) is 0 Å². The molecule has 0 aliphatic heterocycles. The van der Waals surface area contributed by atoms with Gasteiger partial charge in [-0.1, -0.05) is 187 Å². The van der Waals surface area contributed by atoms with Crippen LogP contribution in [0.1, 0.15) is 226 Å². The molecule has 56 heavy (non-hydrogen) atoms. The van der Waals surface area contributed by atoms with E-state index >= 15 is 0 Å². The molecule has 0 amide bonds. The van der Waals surface area contributed by atoms with Gasteiger partial charge in [-0.05, 0) is 38.5 Å². The third-order valence-electron chi connectivity index (χ3n) is 10.2. The van der Waals surface area contributed by atoms with Crippen molar-refractivity contribution >= 4 is 19.8 Å². The van der Waals surface area contributed by atoms with Gasteiger partial charge in [-0.2, -0.15) is 0 Å². The number of phosphoric acid groups is 1. The third kappa shape index (κ3) is 40.9. The number of carbonyl (C=O) groups is 2. The third-order valence-corrected chi connectivity index (χ3v) is 11.1. The summed E-state index contributed by atoms with van der Waals surface area (Å²) in [4.78, 5) is 35.0. The summed E-state index contributed by atoms with van der Waals surface area (Å²) in [6.07, 6.45) is 40.3. The second-order valence-electron chi connectivity index (χ2n) is 15.8. The summed E-state index contributed by atoms with van der Waals surface area (Å²) in [6, 6.07) is 0. The Balaban J connectivity index is 4.22. The molecule has 0 rings (SSSR count). The van der Waals surface area contributed by atoms with Crippen molar-refractivity contribution in [3.05, 3.63) is 12.2 Å². The van der Waals surface area contributed by atoms with Gasteiger partial charge in [0, 0.05) is 12.8 Å². The van der Waals surface area contributed by atoms with E-state index in [0.717, 1.165) is 44.9 Å². The maximum Gasteiger partial charge on any atom is 0.472 e. The molecule has 0 aromatic rings. The van der Waals surface area contributed by atoms with Crippen LogP contribution in [0.3, 0.4) is 0 Å². The number of unbranched alkanes of at least 4 members (excludes halogenated alkanes) is 28. The summed E-state index contributed by atoms with van der Waals surface area (Å²) >= 11 is 0. The minimum atomic E-state index is -4.61. The predicted octanol–water partition coefficient (Wildman–Crippen LogP) is 12.4. The normalized spacial score (nSPS) is 13.9. The summed E-state index contributed by atoms with van der Waals surface area (Å²) < 4.78 is 32.8. The van der Waals surface area contributed by atoms with Crippen molar-refractivity contribution in [1.82, 2.24) is 0 Å². The van der Waals surface area contributed by atoms with Gasteiger partial charge in [0.2, 0.25) is 0 Å². The van der Waals surface area contributed by atoms with Gasteiger partial charge < -0.3 is 24.6 Å². The van der Waals surface area contributed by atoms with Gasteiger partial charge >= 0.3 is 19.8 Å². The summed E-state index contributed by atoms with van der Waals surface area (Å²) in [5.41, 5.74) is 0. The Morgan fingerprint density at radius 3 is 1.30 bits per heavy atom. The summed E-state index contributed by atoms with van der Waals surface area (Å²) in [5.74, 6) is -0.917. The minimum absolute atomic E-state index is 0.189. The number of carbonyl (C=O) groups excluding carboxylic acids is 2. The van der Waals surface area contributed by atoms with Gasteiger partial charge in [0.05, 0.1) is 19.8 Å². The lowest BCUT2D eigenvalue weighted by Crippen LogP contribution is -2.29. The smallest absolute Gasteiger partial charge is 0.462 e. The molecule has 0 bridgehead atoms. The topological polar surface area (TPSA) is 149 Å². The van der Waals surface area contributed by atoms with Crippen molar-refractivity contribution in [3.63, 3.8) is 0 Å². The van der Waals surface area contributed by atoms with Gasteiger partial charge in [0.15, 0.2) is 6.10 Å². The minimum Gasteiger partial charge on any atom is -0.462 e. The zero-order chi connectivity index (χ0) is 41.2. The molecule has 0 aliphatic carbocycles. The van der Waals surface area contributed by atoms with Crippen LogP contribution in [0.5, 0.6) is 0 Å². The average Bonchev–Trinajstić information content (AvgIpc) is 3.19. The Morgan fingerprint density at radius 1 is 0.518 bits per heavy atom. The van der Waals surface area contributed by atoms with Crippen molar-refractivity contribution in [1.29, 1.82) is 0 Å². The van der Waals surface area contributed by atoms with Crippen molar-refractivity contribution in [2.75, 3.05) is 26.4 Å². The first kappa shape index (κ1) is 54.7. The SMILES string of the molecule is CCCCCC/C=C/CCCCCCCCCC(=O)OC[C@H](COP(=O)(O)OC[C@@H](O)CO)OC(=O)CCCCCCCCCCCCCCCCCCCC. The first-order valence-corrected chi connectivity index (χ1v) is 24.6. The Bertz CT molecular complexity index is 946. The van der Waals surface area contributed by atoms with Crippen molar-refractivity contribution in [3.8, 4) is 0 Å². The first-order valence-electron chi connectivity index (χ1n) is 23.1. The fraction of sp³-hybridized carbons (Fsp3) is 0.911. The highest BCUT2D eigenvalue weighted by atomic mass is 31.2. The van der Waals surface area contributed by atoms with E-state index in [2.05, 4.69) is 26.0 Å². The van der Waals surface area contributed by atoms with E-state index in [1.165, 1.54) is 141 Å². The van der Waals surface area contributed by atoms with E-state index in [-0.39, 0.29) is 19.4 Å². The lowest BCUT2D eigenvalue weighted by Gasteiger charge is -2.20. The second-order valence-corrected chi connectivity index (χ2v) is 17.2. The quantitative estimate of drug-likeness (QED) is 0.0235. The zero-order valence-corrected chi connectivity index (χ0v) is 37.0. The lowest BCUT2D eigenvalue weighted by atomic mass is 10.0. The highest BCUT2D eigenvalue weighted by molar-refractivity contribution is 7.47. The molecular formula is C45H87O10P. The molecule has 332 valence electrons. The largest absolute Gasteiger partial charge is 0.472 e. The van der Waals surface area contributed by atoms with Gasteiger partial charge in [-0.25, -0.2) is 4.57 Å². The highest BCUT2D eigenvalue weighted by Crippen LogP contribution is 2.43. The molecule has 0 saturated heterocycles. The van der Waals surface area contributed by atoms with E-state index in [4.69, 9.17) is 23.6 Å². The average molecular weight is 819 g/mol. The maximum absolute atomic E-state index is 12.6. The van der Waals surface area contributed by atoms with E-state index in [1.807, 2.05) is 0 Å². The fourth-order valence-corrected chi connectivity index (χ4v) is 7.37. The van der Waals surface area contributed by atoms with Crippen LogP contribution in [0.4, 0.5) is 0 Å². The van der Waals surface area contributed by atoms with Crippen LogP contribution in [-0.2, 0) is 32.7 Å². The van der Waals surface area contributed by atoms with Crippen LogP contribution in [0.25, 0.3) is 0 Å². The molecule has 3 N–H and O–H groups in total. The molecule has 0 heterocycles. The van der Waals surface area contributed by atoms with Gasteiger partial charge in [0.25, 0.3) is 0 Å². The Hall–Kier alpha value is -1.29. The molecule has 0 aliphatic rings. The summed E-state index contributed by atoms with van der Waals surface area (Å²) in [6.45, 7) is 2.40. The maximum atomic E-state index is 12.6. The van der Waals surface area contributed by atoms with Crippen molar-refractivity contribution in [2.24, 2.45) is 0 Å². The van der Waals surface area contributed by atoms with Gasteiger partial charge in [0.1, 0.15) is 12.7 Å². The van der Waals surface area contributed by atoms with Gasteiger partial charge in [-0.15, -0.1) is 0 Å². The molecule has 0 aromatic heterocycles. The number of rotatable bonds is 44. The predicted molar refractivity (Wildman–Crippen MR) is 229 cm³/mol. The molecular weight excluding hydrogens is 731 g/mol. The number of esters is 2. The lowest BCUT2D eigenvalue weighted by molar-refractivity contribution is -0.161. The monoisotopic (exact) mass is 819 g/mol. The molecule has 0 aromatic carbocycles. The van der Waals surface area contributed by atoms with Crippen molar-refractivity contribution < 1.29 is 47.8 Å². The molecule has 0 fully saturated rings. The van der Waals surface area contributed by atoms with E-state index in [1.54, 1.807) is 0 Å². The number of aliphatic hydroxyl groups excluding tert-OH is 2. The molecule has 10 nitrogen and oxygen atoms in total. The van der Waals surface area contributed by atoms with Crippen LogP contribution in [-0.4, -0.2) is 65.7 Å². The van der Waals surface area contributed by atoms with Crippen LogP contribution in [0.15, 0.2) is 12.2 Å². The first-order chi connectivity index (χ1) is 27.2. The van der Waals surface area contributed by atoms with Crippen LogP contribution >= 0.6 is 7.82 Å². The highest BCUT2D eigenvalue weighted by Gasteiger charge is 2.27. The van der Waals surface area contributed by atoms with Gasteiger partial charge in [-0.3, -0.25) is 18.6 Å². The number of allylic oxidation sites excluding steroid dienone is 2. The number of aliphatic hydroxyl groups is 2. The second kappa shape index (κ2) is 41.9. The van der Waals surface area contributed by atoms with Crippen molar-refractivity contribution in [2.45, 2.75) is 238 Å². The number of phosphoric ester groups is 1. The fourth-order valence-electron chi connectivity index (χ4n) is 6.58. The molecule has 11 heteroatoms. The van der Waals surface area contributed by atoms with E-state index in [9.17, 15) is 24.2 Å². The zero-order valence-electron chi connectivity index (χ0n) is 36.1. The summed E-state index contributed by atoms with van der Waals surface area (Å²) in [5, 5.41) is 18.3. The van der Waals surface area contributed by atoms with E-state index in [0.29, 0.717) is 12.8 Å². The standard InChI is InChI=1S/C45H87O10P/c1-3-5-7-9-11-13-15-17-19-20-21-23-25-27-29-31-33-35-37-45(49)55-43(41-54-56(50,51)53-39-42(47)38-46)40-52-44(48)36-34-32-30-28-26-24-22-18-16-14-12-10-8-6-4-2/h14,16,42-43,46-47H,3-13,15,17-41H2,1-2H3,(H,50,51)/b16-14+/t42-,43+/m0/s1. The Kier molecular flexibility index (Phi) is 40.9. The molecule has 1 unspecified atom stereocenters. The molecule has 0 spiro atoms. The van der Waals surface area contributed by atoms with Crippen LogP contribution < -0.4 is 0 Å².